The molecule has 1 aromatic rings. The van der Waals surface area contributed by atoms with E-state index < -0.39 is 22.2 Å². The van der Waals surface area contributed by atoms with Gasteiger partial charge >= 0.3 is 5.97 Å². The van der Waals surface area contributed by atoms with Crippen LogP contribution < -0.4 is 5.32 Å². The Balaban J connectivity index is 2.38. The molecule has 1 aromatic carbocycles. The minimum Gasteiger partial charge on any atom is -0.481 e. The number of nitro groups is 1. The first-order chi connectivity index (χ1) is 9.83. The largest absolute Gasteiger partial charge is 0.481 e. The number of hydrogen-bond donors (Lipinski definition) is 2. The summed E-state index contributed by atoms with van der Waals surface area (Å²) in [5.41, 5.74) is -0.936. The maximum atomic E-state index is 13.7. The second kappa shape index (κ2) is 6.12. The fourth-order valence-electron chi connectivity index (χ4n) is 2.76. The van der Waals surface area contributed by atoms with Gasteiger partial charge in [-0.1, -0.05) is 12.8 Å². The number of hydrogen-bond acceptors (Lipinski definition) is 4. The molecule has 1 saturated carbocycles. The second-order valence-electron chi connectivity index (χ2n) is 5.22. The molecule has 1 fully saturated rings. The number of nitrogens with zero attached hydrogens (tertiary/aromatic N) is 1. The van der Waals surface area contributed by atoms with Crippen LogP contribution in [0, 0.1) is 19.5 Å². The molecule has 0 aliphatic heterocycles. The molecule has 2 N–H and O–H groups in total. The van der Waals surface area contributed by atoms with Gasteiger partial charge in [0, 0.05) is 17.7 Å². The van der Waals surface area contributed by atoms with Crippen LogP contribution in [0.4, 0.5) is 15.8 Å². The van der Waals surface area contributed by atoms with E-state index in [2.05, 4.69) is 5.32 Å². The fourth-order valence-corrected chi connectivity index (χ4v) is 3.21. The Hall–Kier alpha value is -1.45. The first kappa shape index (κ1) is 15.9. The molecule has 1 aliphatic rings. The van der Waals surface area contributed by atoms with Crippen LogP contribution in [-0.4, -0.2) is 21.5 Å². The molecule has 0 atom stereocenters. The zero-order valence-corrected chi connectivity index (χ0v) is 13.2. The Morgan fingerprint density at radius 3 is 2.62 bits per heavy atom. The molecule has 0 unspecified atom stereocenters. The highest BCUT2D eigenvalue weighted by atomic mass is 127. The lowest BCUT2D eigenvalue weighted by molar-refractivity contribution is -0.384. The maximum absolute atomic E-state index is 13.7. The molecule has 0 bridgehead atoms. The molecule has 0 amide bonds. The fraction of sp³-hybridized carbons (Fsp3) is 0.462. The van der Waals surface area contributed by atoms with E-state index in [1.807, 2.05) is 0 Å². The summed E-state index contributed by atoms with van der Waals surface area (Å²) in [6.45, 7) is 0. The lowest BCUT2D eigenvalue weighted by Crippen LogP contribution is -2.37. The SMILES string of the molecule is O=C(O)CC1(Nc2cc(F)c(I)cc2[N+](=O)[O-])CCCC1. The summed E-state index contributed by atoms with van der Waals surface area (Å²) in [7, 11) is 0. The molecule has 0 aromatic heterocycles. The zero-order valence-electron chi connectivity index (χ0n) is 11.1. The van der Waals surface area contributed by atoms with Crippen LogP contribution in [0.2, 0.25) is 0 Å². The standard InChI is InChI=1S/C13H14FIN2O4/c14-8-5-10(11(17(20)21)6-9(8)15)16-13(7-12(18)19)3-1-2-4-13/h5-6,16H,1-4,7H2,(H,18,19). The van der Waals surface area contributed by atoms with Crippen molar-refractivity contribution >= 4 is 39.9 Å². The number of rotatable bonds is 5. The van der Waals surface area contributed by atoms with Crippen LogP contribution in [0.25, 0.3) is 0 Å². The number of nitro benzene ring substituents is 1. The quantitative estimate of drug-likeness (QED) is 0.442. The van der Waals surface area contributed by atoms with Crippen LogP contribution >= 0.6 is 22.6 Å². The van der Waals surface area contributed by atoms with Gasteiger partial charge in [-0.05, 0) is 35.4 Å². The van der Waals surface area contributed by atoms with Crippen molar-refractivity contribution in [2.24, 2.45) is 0 Å². The molecule has 21 heavy (non-hydrogen) atoms. The molecule has 0 radical (unpaired) electrons. The third-order valence-corrected chi connectivity index (χ3v) is 4.51. The molecule has 0 saturated heterocycles. The summed E-state index contributed by atoms with van der Waals surface area (Å²) in [4.78, 5) is 21.6. The Morgan fingerprint density at radius 2 is 2.10 bits per heavy atom. The Morgan fingerprint density at radius 1 is 1.48 bits per heavy atom. The number of carbonyl (C=O) groups is 1. The highest BCUT2D eigenvalue weighted by Gasteiger charge is 2.37. The highest BCUT2D eigenvalue weighted by molar-refractivity contribution is 14.1. The summed E-state index contributed by atoms with van der Waals surface area (Å²) in [6.07, 6.45) is 2.76. The van der Waals surface area contributed by atoms with Crippen LogP contribution in [0.5, 0.6) is 0 Å². The minimum absolute atomic E-state index is 0.0427. The third-order valence-electron chi connectivity index (χ3n) is 3.69. The second-order valence-corrected chi connectivity index (χ2v) is 6.39. The minimum atomic E-state index is -0.974. The topological polar surface area (TPSA) is 92.5 Å². The summed E-state index contributed by atoms with van der Waals surface area (Å²) < 4.78 is 13.9. The van der Waals surface area contributed by atoms with Crippen molar-refractivity contribution < 1.29 is 19.2 Å². The van der Waals surface area contributed by atoms with E-state index in [0.717, 1.165) is 25.0 Å². The molecule has 2 rings (SSSR count). The van der Waals surface area contributed by atoms with Gasteiger partial charge in [0.25, 0.3) is 5.69 Å². The molecule has 1 aliphatic carbocycles. The first-order valence-corrected chi connectivity index (χ1v) is 7.54. The van der Waals surface area contributed by atoms with E-state index in [1.165, 1.54) is 0 Å². The van der Waals surface area contributed by atoms with Gasteiger partial charge in [0.2, 0.25) is 0 Å². The van der Waals surface area contributed by atoms with Crippen LogP contribution in [0.15, 0.2) is 12.1 Å². The van der Waals surface area contributed by atoms with Crippen LogP contribution in [-0.2, 0) is 4.79 Å². The Bertz CT molecular complexity index is 588. The van der Waals surface area contributed by atoms with Gasteiger partial charge in [0.15, 0.2) is 0 Å². The number of halogens is 2. The van der Waals surface area contributed by atoms with Gasteiger partial charge in [0.1, 0.15) is 11.5 Å². The summed E-state index contributed by atoms with van der Waals surface area (Å²) >= 11 is 1.69. The summed E-state index contributed by atoms with van der Waals surface area (Å²) in [6, 6.07) is 2.23. The molecule has 0 spiro atoms. The van der Waals surface area contributed by atoms with Gasteiger partial charge < -0.3 is 10.4 Å². The van der Waals surface area contributed by atoms with Crippen molar-refractivity contribution in [3.8, 4) is 0 Å². The van der Waals surface area contributed by atoms with Crippen LogP contribution in [0.3, 0.4) is 0 Å². The summed E-state index contributed by atoms with van der Waals surface area (Å²) in [5.74, 6) is -1.54. The number of carboxylic acids is 1. The van der Waals surface area contributed by atoms with Gasteiger partial charge in [-0.3, -0.25) is 14.9 Å². The van der Waals surface area contributed by atoms with Crippen molar-refractivity contribution in [1.82, 2.24) is 0 Å². The highest BCUT2D eigenvalue weighted by Crippen LogP contribution is 2.39. The molecule has 114 valence electrons. The van der Waals surface area contributed by atoms with Gasteiger partial charge in [-0.2, -0.15) is 0 Å². The molecular formula is C13H14FIN2O4. The van der Waals surface area contributed by atoms with Crippen molar-refractivity contribution in [2.45, 2.75) is 37.6 Å². The van der Waals surface area contributed by atoms with Crippen molar-refractivity contribution in [2.75, 3.05) is 5.32 Å². The summed E-state index contributed by atoms with van der Waals surface area (Å²) in [5, 5.41) is 23.1. The monoisotopic (exact) mass is 408 g/mol. The predicted octanol–water partition coefficient (Wildman–Crippen LogP) is 3.54. The predicted molar refractivity (Wildman–Crippen MR) is 82.8 cm³/mol. The van der Waals surface area contributed by atoms with Crippen molar-refractivity contribution in [3.05, 3.63) is 31.6 Å². The Kier molecular flexibility index (Phi) is 4.64. The van der Waals surface area contributed by atoms with Crippen molar-refractivity contribution in [1.29, 1.82) is 0 Å². The molecular weight excluding hydrogens is 394 g/mol. The van der Waals surface area contributed by atoms with Crippen LogP contribution in [0.1, 0.15) is 32.1 Å². The van der Waals surface area contributed by atoms with E-state index in [-0.39, 0.29) is 21.4 Å². The smallest absolute Gasteiger partial charge is 0.305 e. The lowest BCUT2D eigenvalue weighted by Gasteiger charge is -2.29. The lowest BCUT2D eigenvalue weighted by atomic mass is 9.92. The average Bonchev–Trinajstić information content (AvgIpc) is 2.80. The third kappa shape index (κ3) is 3.60. The number of benzene rings is 1. The van der Waals surface area contributed by atoms with Gasteiger partial charge in [-0.25, -0.2) is 4.39 Å². The number of anilines is 1. The molecule has 8 heteroatoms. The van der Waals surface area contributed by atoms with Gasteiger partial charge in [0.05, 0.1) is 14.9 Å². The molecule has 0 heterocycles. The average molecular weight is 408 g/mol. The maximum Gasteiger partial charge on any atom is 0.305 e. The zero-order chi connectivity index (χ0) is 15.6. The van der Waals surface area contributed by atoms with Gasteiger partial charge in [-0.15, -0.1) is 0 Å². The van der Waals surface area contributed by atoms with E-state index in [0.29, 0.717) is 12.8 Å². The first-order valence-electron chi connectivity index (χ1n) is 6.46. The van der Waals surface area contributed by atoms with E-state index >= 15 is 0 Å². The van der Waals surface area contributed by atoms with E-state index in [4.69, 9.17) is 5.11 Å². The van der Waals surface area contributed by atoms with Crippen molar-refractivity contribution in [3.63, 3.8) is 0 Å². The normalized spacial score (nSPS) is 16.7. The number of nitrogens with one attached hydrogen (secondary N) is 1. The number of aliphatic carboxylic acids is 1. The number of carboxylic acid groups (broad SMARTS) is 1. The molecule has 6 nitrogen and oxygen atoms in total. The van der Waals surface area contributed by atoms with E-state index in [9.17, 15) is 19.3 Å². The van der Waals surface area contributed by atoms with E-state index in [1.54, 1.807) is 22.6 Å². The Labute approximate surface area is 134 Å².